The molecule has 0 radical (unpaired) electrons. The molecule has 0 amide bonds. The quantitative estimate of drug-likeness (QED) is 0.0562. The van der Waals surface area contributed by atoms with Crippen molar-refractivity contribution in [2.24, 2.45) is 10.8 Å². The van der Waals surface area contributed by atoms with Gasteiger partial charge in [-0.25, -0.2) is 0 Å². The van der Waals surface area contributed by atoms with Gasteiger partial charge in [0.15, 0.2) is 0 Å². The minimum atomic E-state index is -0.529. The van der Waals surface area contributed by atoms with E-state index in [0.717, 1.165) is 24.3 Å². The van der Waals surface area contributed by atoms with Crippen molar-refractivity contribution in [3.8, 4) is 0 Å². The number of unbranched alkanes of at least 4 members (excludes halogenated alkanes) is 20. The summed E-state index contributed by atoms with van der Waals surface area (Å²) in [6, 6.07) is 0. The molecule has 3 heteroatoms. The van der Waals surface area contributed by atoms with Gasteiger partial charge in [-0.05, 0) is 34.8 Å². The van der Waals surface area contributed by atoms with Gasteiger partial charge in [-0.15, -0.1) is 0 Å². The Balaban J connectivity index is 3.28. The molecule has 0 spiro atoms. The maximum atomic E-state index is 5.91. The lowest BCUT2D eigenvalue weighted by Gasteiger charge is -2.33. The van der Waals surface area contributed by atoms with E-state index in [4.69, 9.17) is 4.74 Å². The maximum Gasteiger partial charge on any atom is 0.0466 e. The molecule has 0 aromatic heterocycles. The molecule has 0 fully saturated rings. The van der Waals surface area contributed by atoms with Crippen LogP contribution in [-0.2, 0) is 4.74 Å². The fourth-order valence-electron chi connectivity index (χ4n) is 7.95. The standard InChI is InChI=1S/C40H86OSi2/c1-39(2,3)37(42(7)8)33-29-25-21-17-13-11-15-19-23-27-31-35-41-36-32-28-24-20-16-12-14-18-22-26-30-34-38(43(9)10)40(4,5)6/h37-38,42-43H,11-36H2,1-10H3. The largest absolute Gasteiger partial charge is 0.381 e. The van der Waals surface area contributed by atoms with Gasteiger partial charge in [-0.3, -0.25) is 0 Å². The van der Waals surface area contributed by atoms with Crippen LogP contribution in [0.5, 0.6) is 0 Å². The summed E-state index contributed by atoms with van der Waals surface area (Å²) in [5, 5.41) is 0. The molecule has 0 saturated carbocycles. The molecule has 1 nitrogen and oxygen atoms in total. The summed E-state index contributed by atoms with van der Waals surface area (Å²) in [6.07, 6.45) is 34.4. The molecule has 0 N–H and O–H groups in total. The van der Waals surface area contributed by atoms with Crippen molar-refractivity contribution >= 4 is 17.6 Å². The summed E-state index contributed by atoms with van der Waals surface area (Å²) < 4.78 is 5.91. The smallest absolute Gasteiger partial charge is 0.0466 e. The average Bonchev–Trinajstić information content (AvgIpc) is 2.90. The van der Waals surface area contributed by atoms with Crippen LogP contribution in [0.2, 0.25) is 37.3 Å². The van der Waals surface area contributed by atoms with E-state index in [9.17, 15) is 0 Å². The molecule has 0 heterocycles. The highest BCUT2D eigenvalue weighted by Gasteiger charge is 2.28. The molecular weight excluding hydrogens is 553 g/mol. The Kier molecular flexibility index (Phi) is 27.8. The topological polar surface area (TPSA) is 9.23 Å². The Bertz CT molecular complexity index is 524. The zero-order valence-corrected chi connectivity index (χ0v) is 34.4. The number of rotatable bonds is 30. The molecule has 2 atom stereocenters. The van der Waals surface area contributed by atoms with Gasteiger partial charge in [-0.1, -0.05) is 209 Å². The fourth-order valence-corrected chi connectivity index (χ4v) is 13.8. The monoisotopic (exact) mass is 639 g/mol. The predicted molar refractivity (Wildman–Crippen MR) is 206 cm³/mol. The second-order valence-electron chi connectivity index (χ2n) is 17.4. The van der Waals surface area contributed by atoms with E-state index in [1.807, 2.05) is 0 Å². The van der Waals surface area contributed by atoms with Crippen LogP contribution in [0.15, 0.2) is 0 Å². The molecule has 0 aromatic carbocycles. The predicted octanol–water partition coefficient (Wildman–Crippen LogP) is 14.2. The first-order valence-corrected chi connectivity index (χ1v) is 25.9. The molecule has 0 rings (SSSR count). The minimum absolute atomic E-state index is 0.524. The fraction of sp³-hybridized carbons (Fsp3) is 1.00. The Labute approximate surface area is 278 Å². The van der Waals surface area contributed by atoms with Crippen LogP contribution < -0.4 is 0 Å². The zero-order chi connectivity index (χ0) is 32.4. The van der Waals surface area contributed by atoms with E-state index in [1.54, 1.807) is 0 Å². The number of hydrogen-bond acceptors (Lipinski definition) is 1. The third-order valence-electron chi connectivity index (χ3n) is 10.4. The van der Waals surface area contributed by atoms with Gasteiger partial charge in [0, 0.05) is 30.8 Å². The van der Waals surface area contributed by atoms with Crippen LogP contribution in [0.3, 0.4) is 0 Å². The zero-order valence-electron chi connectivity index (χ0n) is 32.1. The molecule has 43 heavy (non-hydrogen) atoms. The average molecular weight is 639 g/mol. The summed E-state index contributed by atoms with van der Waals surface area (Å²) in [7, 11) is -1.06. The van der Waals surface area contributed by atoms with Crippen molar-refractivity contribution < 1.29 is 4.74 Å². The van der Waals surface area contributed by atoms with E-state index in [0.29, 0.717) is 10.8 Å². The highest BCUT2D eigenvalue weighted by Crippen LogP contribution is 2.39. The van der Waals surface area contributed by atoms with Crippen molar-refractivity contribution in [1.29, 1.82) is 0 Å². The molecule has 260 valence electrons. The summed E-state index contributed by atoms with van der Waals surface area (Å²) in [5.41, 5.74) is 3.07. The van der Waals surface area contributed by atoms with Gasteiger partial charge in [0.25, 0.3) is 0 Å². The van der Waals surface area contributed by atoms with Crippen LogP contribution in [0.25, 0.3) is 0 Å². The van der Waals surface area contributed by atoms with Crippen LogP contribution in [0.4, 0.5) is 0 Å². The summed E-state index contributed by atoms with van der Waals surface area (Å²) in [6.45, 7) is 26.9. The summed E-state index contributed by atoms with van der Waals surface area (Å²) >= 11 is 0. The van der Waals surface area contributed by atoms with Gasteiger partial charge in [0.2, 0.25) is 0 Å². The van der Waals surface area contributed by atoms with E-state index in [1.165, 1.54) is 154 Å². The van der Waals surface area contributed by atoms with Crippen molar-refractivity contribution in [3.63, 3.8) is 0 Å². The lowest BCUT2D eigenvalue weighted by Crippen LogP contribution is -2.25. The molecule has 0 aliphatic carbocycles. The second-order valence-corrected chi connectivity index (χ2v) is 24.0. The highest BCUT2D eigenvalue weighted by molar-refractivity contribution is 6.58. The van der Waals surface area contributed by atoms with Gasteiger partial charge < -0.3 is 4.74 Å². The van der Waals surface area contributed by atoms with Gasteiger partial charge in [-0.2, -0.15) is 0 Å². The summed E-state index contributed by atoms with van der Waals surface area (Å²) in [4.78, 5) is 0. The van der Waals surface area contributed by atoms with Crippen LogP contribution in [0.1, 0.15) is 196 Å². The van der Waals surface area contributed by atoms with Crippen molar-refractivity contribution in [2.45, 2.75) is 233 Å². The Morgan fingerprint density at radius 2 is 0.558 bits per heavy atom. The van der Waals surface area contributed by atoms with Crippen LogP contribution in [-0.4, -0.2) is 30.8 Å². The molecule has 0 saturated heterocycles. The number of hydrogen-bond donors (Lipinski definition) is 0. The Hall–Kier alpha value is 0.394. The van der Waals surface area contributed by atoms with E-state index >= 15 is 0 Å². The minimum Gasteiger partial charge on any atom is -0.381 e. The second kappa shape index (κ2) is 27.5. The van der Waals surface area contributed by atoms with Crippen LogP contribution >= 0.6 is 0 Å². The molecule has 0 bridgehead atoms. The first-order chi connectivity index (χ1) is 20.4. The lowest BCUT2D eigenvalue weighted by atomic mass is 9.88. The van der Waals surface area contributed by atoms with Crippen molar-refractivity contribution in [1.82, 2.24) is 0 Å². The molecular formula is C40H86OSi2. The van der Waals surface area contributed by atoms with Crippen molar-refractivity contribution in [2.75, 3.05) is 13.2 Å². The molecule has 0 aliphatic rings. The normalized spacial score (nSPS) is 14.2. The van der Waals surface area contributed by atoms with Gasteiger partial charge >= 0.3 is 0 Å². The Morgan fingerprint density at radius 1 is 0.349 bits per heavy atom. The van der Waals surface area contributed by atoms with E-state index < -0.39 is 17.6 Å². The van der Waals surface area contributed by atoms with E-state index in [2.05, 4.69) is 67.7 Å². The van der Waals surface area contributed by atoms with Gasteiger partial charge in [0.1, 0.15) is 0 Å². The first-order valence-electron chi connectivity index (χ1n) is 19.9. The van der Waals surface area contributed by atoms with Crippen molar-refractivity contribution in [3.05, 3.63) is 0 Å². The molecule has 0 aliphatic heterocycles. The van der Waals surface area contributed by atoms with E-state index in [-0.39, 0.29) is 0 Å². The highest BCUT2D eigenvalue weighted by atomic mass is 28.3. The lowest BCUT2D eigenvalue weighted by molar-refractivity contribution is 0.125. The molecule has 0 aromatic rings. The maximum absolute atomic E-state index is 5.91. The third kappa shape index (κ3) is 27.2. The SMILES string of the molecule is C[SiH](C)C(CCCCCCCCCCCCCOCCCCCCCCCCCCCC([SiH](C)C)C(C)(C)C)C(C)(C)C. The third-order valence-corrected chi connectivity index (χ3v) is 16.3. The Morgan fingerprint density at radius 3 is 0.767 bits per heavy atom. The van der Waals surface area contributed by atoms with Gasteiger partial charge in [0.05, 0.1) is 0 Å². The molecule has 2 unspecified atom stereocenters. The first kappa shape index (κ1) is 43.4. The number of ether oxygens (including phenoxy) is 1. The van der Waals surface area contributed by atoms with Crippen LogP contribution in [0, 0.1) is 10.8 Å². The summed E-state index contributed by atoms with van der Waals surface area (Å²) in [5.74, 6) is 0.